The summed E-state index contributed by atoms with van der Waals surface area (Å²) in [6.07, 6.45) is 7.03. The third-order valence-corrected chi connectivity index (χ3v) is 5.65. The fraction of sp³-hybridized carbons (Fsp3) is 0.391. The van der Waals surface area contributed by atoms with E-state index in [-0.39, 0.29) is 0 Å². The molecule has 0 amide bonds. The Balaban J connectivity index is 1.73. The summed E-state index contributed by atoms with van der Waals surface area (Å²) in [5.41, 5.74) is 11.2. The number of benzene rings is 2. The quantitative estimate of drug-likeness (QED) is 0.703. The summed E-state index contributed by atoms with van der Waals surface area (Å²) < 4.78 is 0. The zero-order valence-corrected chi connectivity index (χ0v) is 14.7. The van der Waals surface area contributed by atoms with Gasteiger partial charge in [0.05, 0.1) is 0 Å². The minimum absolute atomic E-state index is 0.650. The molecule has 0 spiro atoms. The molecular formula is C23H29N. The predicted molar refractivity (Wildman–Crippen MR) is 104 cm³/mol. The fourth-order valence-corrected chi connectivity index (χ4v) is 4.14. The molecule has 2 aromatic carbocycles. The van der Waals surface area contributed by atoms with Gasteiger partial charge in [-0.05, 0) is 73.6 Å². The van der Waals surface area contributed by atoms with Gasteiger partial charge >= 0.3 is 0 Å². The van der Waals surface area contributed by atoms with Crippen LogP contribution in [-0.2, 0) is 0 Å². The van der Waals surface area contributed by atoms with Crippen molar-refractivity contribution in [3.63, 3.8) is 0 Å². The lowest BCUT2D eigenvalue weighted by atomic mass is 9.70. The van der Waals surface area contributed by atoms with Gasteiger partial charge in [0, 0.05) is 0 Å². The Morgan fingerprint density at radius 3 is 2.21 bits per heavy atom. The van der Waals surface area contributed by atoms with Gasteiger partial charge < -0.3 is 5.73 Å². The van der Waals surface area contributed by atoms with Crippen molar-refractivity contribution in [3.8, 4) is 11.1 Å². The van der Waals surface area contributed by atoms with Gasteiger partial charge in [0.1, 0.15) is 0 Å². The predicted octanol–water partition coefficient (Wildman–Crippen LogP) is 5.70. The van der Waals surface area contributed by atoms with Crippen LogP contribution in [0.2, 0.25) is 0 Å². The van der Waals surface area contributed by atoms with Crippen molar-refractivity contribution in [1.82, 2.24) is 0 Å². The SMILES string of the molecule is C=CC1CCC(c2ccc(-c3ccc(C)cc3)cc2)CC1CCN. The lowest BCUT2D eigenvalue weighted by Crippen LogP contribution is -2.24. The average Bonchev–Trinajstić information content (AvgIpc) is 2.63. The number of hydrogen-bond donors (Lipinski definition) is 1. The highest BCUT2D eigenvalue weighted by atomic mass is 14.5. The molecule has 0 radical (unpaired) electrons. The van der Waals surface area contributed by atoms with Crippen LogP contribution in [0.4, 0.5) is 0 Å². The summed E-state index contributed by atoms with van der Waals surface area (Å²) in [5.74, 6) is 2.02. The number of rotatable bonds is 5. The molecule has 3 unspecified atom stereocenters. The molecule has 0 aromatic heterocycles. The maximum atomic E-state index is 5.82. The van der Waals surface area contributed by atoms with Gasteiger partial charge in [-0.1, -0.05) is 60.2 Å². The molecule has 1 saturated carbocycles. The summed E-state index contributed by atoms with van der Waals surface area (Å²) in [6, 6.07) is 18.0. The molecule has 1 heteroatoms. The van der Waals surface area contributed by atoms with Crippen LogP contribution in [0.3, 0.4) is 0 Å². The Hall–Kier alpha value is -1.86. The first-order valence-electron chi connectivity index (χ1n) is 9.21. The van der Waals surface area contributed by atoms with Crippen molar-refractivity contribution < 1.29 is 0 Å². The van der Waals surface area contributed by atoms with E-state index in [1.54, 1.807) is 0 Å². The molecule has 126 valence electrons. The van der Waals surface area contributed by atoms with E-state index in [4.69, 9.17) is 5.73 Å². The summed E-state index contributed by atoms with van der Waals surface area (Å²) >= 11 is 0. The van der Waals surface area contributed by atoms with Crippen LogP contribution in [-0.4, -0.2) is 6.54 Å². The third kappa shape index (κ3) is 3.79. The molecule has 0 aliphatic heterocycles. The van der Waals surface area contributed by atoms with Crippen molar-refractivity contribution in [2.45, 2.75) is 38.5 Å². The molecule has 0 saturated heterocycles. The summed E-state index contributed by atoms with van der Waals surface area (Å²) in [4.78, 5) is 0. The second-order valence-corrected chi connectivity index (χ2v) is 7.23. The second-order valence-electron chi connectivity index (χ2n) is 7.23. The van der Waals surface area contributed by atoms with Crippen molar-refractivity contribution in [1.29, 1.82) is 0 Å². The number of allylic oxidation sites excluding steroid dienone is 1. The fourth-order valence-electron chi connectivity index (χ4n) is 4.14. The average molecular weight is 319 g/mol. The largest absolute Gasteiger partial charge is 0.330 e. The first kappa shape index (κ1) is 17.0. The minimum atomic E-state index is 0.650. The topological polar surface area (TPSA) is 26.0 Å². The molecule has 1 fully saturated rings. The van der Waals surface area contributed by atoms with E-state index < -0.39 is 0 Å². The monoisotopic (exact) mass is 319 g/mol. The standard InChI is InChI=1S/C23H29N/c1-3-18-8-13-22(16-23(18)14-15-24)21-11-9-20(10-12-21)19-6-4-17(2)5-7-19/h3-7,9-12,18,22-23H,1,8,13-16,24H2,2H3. The zero-order chi connectivity index (χ0) is 16.9. The lowest BCUT2D eigenvalue weighted by Gasteiger charge is -2.35. The molecule has 1 nitrogen and oxygen atoms in total. The van der Waals surface area contributed by atoms with Crippen LogP contribution in [0.25, 0.3) is 11.1 Å². The summed E-state index contributed by atoms with van der Waals surface area (Å²) in [5, 5.41) is 0. The van der Waals surface area contributed by atoms with E-state index >= 15 is 0 Å². The van der Waals surface area contributed by atoms with Crippen LogP contribution in [0, 0.1) is 18.8 Å². The van der Waals surface area contributed by atoms with E-state index in [0.29, 0.717) is 17.8 Å². The first-order chi connectivity index (χ1) is 11.7. The number of aryl methyl sites for hydroxylation is 1. The van der Waals surface area contributed by atoms with Crippen molar-refractivity contribution in [2.24, 2.45) is 17.6 Å². The number of nitrogens with two attached hydrogens (primary N) is 1. The molecule has 24 heavy (non-hydrogen) atoms. The molecule has 0 bridgehead atoms. The van der Waals surface area contributed by atoms with Crippen molar-refractivity contribution in [2.75, 3.05) is 6.54 Å². The normalized spacial score (nSPS) is 23.8. The highest BCUT2D eigenvalue weighted by molar-refractivity contribution is 5.64. The van der Waals surface area contributed by atoms with Crippen LogP contribution in [0.1, 0.15) is 42.7 Å². The Morgan fingerprint density at radius 2 is 1.62 bits per heavy atom. The van der Waals surface area contributed by atoms with Crippen molar-refractivity contribution >= 4 is 0 Å². The van der Waals surface area contributed by atoms with E-state index in [9.17, 15) is 0 Å². The highest BCUT2D eigenvalue weighted by Gasteiger charge is 2.28. The van der Waals surface area contributed by atoms with E-state index in [0.717, 1.165) is 13.0 Å². The van der Waals surface area contributed by atoms with E-state index in [1.807, 2.05) is 0 Å². The molecular weight excluding hydrogens is 290 g/mol. The smallest absolute Gasteiger partial charge is 0.00744 e. The van der Waals surface area contributed by atoms with Gasteiger partial charge in [-0.3, -0.25) is 0 Å². The van der Waals surface area contributed by atoms with Gasteiger partial charge in [0.25, 0.3) is 0 Å². The highest BCUT2D eigenvalue weighted by Crippen LogP contribution is 2.41. The summed E-state index contributed by atoms with van der Waals surface area (Å²) in [7, 11) is 0. The van der Waals surface area contributed by atoms with Crippen LogP contribution < -0.4 is 5.73 Å². The molecule has 2 N–H and O–H groups in total. The molecule has 2 aromatic rings. The Labute approximate surface area is 146 Å². The van der Waals surface area contributed by atoms with Crippen molar-refractivity contribution in [3.05, 3.63) is 72.3 Å². The van der Waals surface area contributed by atoms with Gasteiger partial charge in [-0.2, -0.15) is 0 Å². The summed E-state index contributed by atoms with van der Waals surface area (Å²) in [6.45, 7) is 6.94. The van der Waals surface area contributed by atoms with Crippen LogP contribution >= 0.6 is 0 Å². The molecule has 3 atom stereocenters. The Bertz CT molecular complexity index is 653. The maximum absolute atomic E-state index is 5.82. The van der Waals surface area contributed by atoms with Crippen LogP contribution in [0.5, 0.6) is 0 Å². The van der Waals surface area contributed by atoms with Gasteiger partial charge in [-0.15, -0.1) is 6.58 Å². The molecule has 3 rings (SSSR count). The maximum Gasteiger partial charge on any atom is -0.00744 e. The first-order valence-corrected chi connectivity index (χ1v) is 9.21. The lowest BCUT2D eigenvalue weighted by molar-refractivity contribution is 0.246. The zero-order valence-electron chi connectivity index (χ0n) is 14.7. The number of hydrogen-bond acceptors (Lipinski definition) is 1. The van der Waals surface area contributed by atoms with E-state index in [1.165, 1.54) is 41.5 Å². The van der Waals surface area contributed by atoms with Gasteiger partial charge in [0.2, 0.25) is 0 Å². The second kappa shape index (κ2) is 7.81. The molecule has 1 aliphatic rings. The Morgan fingerprint density at radius 1 is 1.00 bits per heavy atom. The third-order valence-electron chi connectivity index (χ3n) is 5.65. The molecule has 0 heterocycles. The molecule has 1 aliphatic carbocycles. The van der Waals surface area contributed by atoms with Gasteiger partial charge in [0.15, 0.2) is 0 Å². The minimum Gasteiger partial charge on any atom is -0.330 e. The van der Waals surface area contributed by atoms with Gasteiger partial charge in [-0.25, -0.2) is 0 Å². The Kier molecular flexibility index (Phi) is 5.52. The van der Waals surface area contributed by atoms with Crippen LogP contribution in [0.15, 0.2) is 61.2 Å². The van der Waals surface area contributed by atoms with E-state index in [2.05, 4.69) is 68.1 Å².